The minimum Gasteiger partial charge on any atom is -0.350 e. The highest BCUT2D eigenvalue weighted by atomic mass is 32.1. The van der Waals surface area contributed by atoms with Gasteiger partial charge in [-0.05, 0) is 24.1 Å². The Kier molecular flexibility index (Phi) is 5.05. The fourth-order valence-corrected chi connectivity index (χ4v) is 3.09. The van der Waals surface area contributed by atoms with Crippen molar-refractivity contribution in [2.24, 2.45) is 0 Å². The minimum atomic E-state index is -0.117. The third-order valence-electron chi connectivity index (χ3n) is 3.60. The maximum Gasteiger partial charge on any atom is 0.270 e. The van der Waals surface area contributed by atoms with E-state index in [1.54, 1.807) is 0 Å². The number of nitrogens with zero attached hydrogens (tertiary/aromatic N) is 3. The van der Waals surface area contributed by atoms with E-state index in [1.807, 2.05) is 52.8 Å². The summed E-state index contributed by atoms with van der Waals surface area (Å²) in [4.78, 5) is 16.5. The predicted octanol–water partition coefficient (Wildman–Crippen LogP) is 3.42. The van der Waals surface area contributed by atoms with Crippen molar-refractivity contribution in [1.29, 1.82) is 0 Å². The van der Waals surface area contributed by atoms with Gasteiger partial charge in [-0.25, -0.2) is 9.67 Å². The molecule has 0 aliphatic rings. The molecule has 3 aromatic rings. The van der Waals surface area contributed by atoms with Crippen LogP contribution in [0.2, 0.25) is 0 Å². The molecule has 6 heteroatoms. The van der Waals surface area contributed by atoms with Gasteiger partial charge >= 0.3 is 0 Å². The third kappa shape index (κ3) is 3.89. The SMILES string of the molecule is CC(C)c1nc(C(=O)NCCc2cnn(-c3ccccc3)c2)cs1. The van der Waals surface area contributed by atoms with Crippen LogP contribution in [0.5, 0.6) is 0 Å². The van der Waals surface area contributed by atoms with Gasteiger partial charge in [-0.15, -0.1) is 11.3 Å². The van der Waals surface area contributed by atoms with Crippen molar-refractivity contribution in [2.75, 3.05) is 6.54 Å². The number of carbonyl (C=O) groups is 1. The Hall–Kier alpha value is -2.47. The molecule has 24 heavy (non-hydrogen) atoms. The van der Waals surface area contributed by atoms with Gasteiger partial charge in [-0.3, -0.25) is 4.79 Å². The van der Waals surface area contributed by atoms with Crippen LogP contribution >= 0.6 is 11.3 Å². The molecule has 0 spiro atoms. The summed E-state index contributed by atoms with van der Waals surface area (Å²) in [6.07, 6.45) is 4.56. The van der Waals surface area contributed by atoms with Crippen LogP contribution in [0.1, 0.15) is 40.8 Å². The van der Waals surface area contributed by atoms with Crippen molar-refractivity contribution in [3.05, 3.63) is 64.4 Å². The lowest BCUT2D eigenvalue weighted by molar-refractivity contribution is 0.0949. The summed E-state index contributed by atoms with van der Waals surface area (Å²) in [5.41, 5.74) is 2.61. The van der Waals surface area contributed by atoms with Gasteiger partial charge in [-0.2, -0.15) is 5.10 Å². The lowest BCUT2D eigenvalue weighted by Gasteiger charge is -2.02. The second-order valence-corrected chi connectivity index (χ2v) is 6.75. The first kappa shape index (κ1) is 16.4. The lowest BCUT2D eigenvalue weighted by Crippen LogP contribution is -2.25. The molecule has 124 valence electrons. The molecule has 1 amide bonds. The topological polar surface area (TPSA) is 59.8 Å². The first-order chi connectivity index (χ1) is 11.6. The minimum absolute atomic E-state index is 0.117. The molecule has 5 nitrogen and oxygen atoms in total. The Balaban J connectivity index is 1.53. The van der Waals surface area contributed by atoms with Gasteiger partial charge in [0.2, 0.25) is 0 Å². The highest BCUT2D eigenvalue weighted by molar-refractivity contribution is 7.09. The molecule has 0 unspecified atom stereocenters. The van der Waals surface area contributed by atoms with Crippen molar-refractivity contribution < 1.29 is 4.79 Å². The molecule has 0 atom stereocenters. The molecule has 0 aliphatic carbocycles. The number of carbonyl (C=O) groups excluding carboxylic acids is 1. The molecule has 3 rings (SSSR count). The summed E-state index contributed by atoms with van der Waals surface area (Å²) in [6.45, 7) is 4.71. The first-order valence-electron chi connectivity index (χ1n) is 7.96. The fraction of sp³-hybridized carbons (Fsp3) is 0.278. The maximum atomic E-state index is 12.1. The molecule has 0 bridgehead atoms. The Morgan fingerprint density at radius 1 is 1.29 bits per heavy atom. The number of amides is 1. The summed E-state index contributed by atoms with van der Waals surface area (Å²) in [5.74, 6) is 0.231. The molecule has 0 aliphatic heterocycles. The molecule has 0 saturated heterocycles. The van der Waals surface area contributed by atoms with Crippen LogP contribution in [0, 0.1) is 0 Å². The number of rotatable bonds is 6. The second-order valence-electron chi connectivity index (χ2n) is 5.86. The van der Waals surface area contributed by atoms with E-state index < -0.39 is 0 Å². The third-order valence-corrected chi connectivity index (χ3v) is 4.75. The van der Waals surface area contributed by atoms with Crippen LogP contribution in [0.4, 0.5) is 0 Å². The van der Waals surface area contributed by atoms with Gasteiger partial charge in [0, 0.05) is 24.0 Å². The fourth-order valence-electron chi connectivity index (χ4n) is 2.28. The highest BCUT2D eigenvalue weighted by Crippen LogP contribution is 2.19. The number of aromatic nitrogens is 3. The van der Waals surface area contributed by atoms with Crippen LogP contribution in [0.3, 0.4) is 0 Å². The molecular weight excluding hydrogens is 320 g/mol. The summed E-state index contributed by atoms with van der Waals surface area (Å²) < 4.78 is 1.84. The lowest BCUT2D eigenvalue weighted by atomic mass is 10.2. The van der Waals surface area contributed by atoms with Crippen LogP contribution in [-0.4, -0.2) is 27.2 Å². The molecule has 0 radical (unpaired) electrons. The smallest absolute Gasteiger partial charge is 0.270 e. The number of thiazole rings is 1. The summed E-state index contributed by atoms with van der Waals surface area (Å²) >= 11 is 1.53. The van der Waals surface area contributed by atoms with Crippen LogP contribution in [0.15, 0.2) is 48.1 Å². The van der Waals surface area contributed by atoms with Crippen molar-refractivity contribution in [3.63, 3.8) is 0 Å². The van der Waals surface area contributed by atoms with E-state index in [2.05, 4.69) is 29.2 Å². The van der Waals surface area contributed by atoms with Gasteiger partial charge in [0.05, 0.1) is 16.9 Å². The number of hydrogen-bond donors (Lipinski definition) is 1. The zero-order valence-electron chi connectivity index (χ0n) is 13.8. The highest BCUT2D eigenvalue weighted by Gasteiger charge is 2.12. The zero-order chi connectivity index (χ0) is 16.9. The van der Waals surface area contributed by atoms with E-state index >= 15 is 0 Å². The molecule has 1 aromatic carbocycles. The van der Waals surface area contributed by atoms with Crippen molar-refractivity contribution >= 4 is 17.2 Å². The quantitative estimate of drug-likeness (QED) is 0.748. The van der Waals surface area contributed by atoms with Gasteiger partial charge in [0.25, 0.3) is 5.91 Å². The van der Waals surface area contributed by atoms with Crippen LogP contribution in [-0.2, 0) is 6.42 Å². The van der Waals surface area contributed by atoms with Crippen molar-refractivity contribution in [3.8, 4) is 5.69 Å². The molecule has 1 N–H and O–H groups in total. The van der Waals surface area contributed by atoms with E-state index in [-0.39, 0.29) is 5.91 Å². The Bertz CT molecular complexity index is 807. The van der Waals surface area contributed by atoms with Gasteiger partial charge in [0.1, 0.15) is 5.69 Å². The van der Waals surface area contributed by atoms with Crippen LogP contribution in [0.25, 0.3) is 5.69 Å². The Morgan fingerprint density at radius 2 is 2.08 bits per heavy atom. The van der Waals surface area contributed by atoms with Crippen molar-refractivity contribution in [2.45, 2.75) is 26.2 Å². The monoisotopic (exact) mass is 340 g/mol. The Morgan fingerprint density at radius 3 is 2.79 bits per heavy atom. The predicted molar refractivity (Wildman–Crippen MR) is 95.8 cm³/mol. The van der Waals surface area contributed by atoms with E-state index in [0.717, 1.165) is 22.7 Å². The first-order valence-corrected chi connectivity index (χ1v) is 8.84. The molecular formula is C18H20N4OS. The number of para-hydroxylation sites is 1. The number of nitrogens with one attached hydrogen (secondary N) is 1. The van der Waals surface area contributed by atoms with Crippen molar-refractivity contribution in [1.82, 2.24) is 20.1 Å². The molecule has 0 saturated carbocycles. The van der Waals surface area contributed by atoms with E-state index in [4.69, 9.17) is 0 Å². The van der Waals surface area contributed by atoms with E-state index in [0.29, 0.717) is 18.2 Å². The maximum absolute atomic E-state index is 12.1. The number of benzene rings is 1. The second kappa shape index (κ2) is 7.40. The normalized spacial score (nSPS) is 11.0. The Labute approximate surface area is 145 Å². The zero-order valence-corrected chi connectivity index (χ0v) is 14.6. The standard InChI is InChI=1S/C18H20N4OS/c1-13(2)18-21-16(12-24-18)17(23)19-9-8-14-10-20-22(11-14)15-6-4-3-5-7-15/h3-7,10-13H,8-9H2,1-2H3,(H,19,23). The summed E-state index contributed by atoms with van der Waals surface area (Å²) in [7, 11) is 0. The van der Waals surface area contributed by atoms with Gasteiger partial charge < -0.3 is 5.32 Å². The molecule has 0 fully saturated rings. The molecule has 2 aromatic heterocycles. The largest absolute Gasteiger partial charge is 0.350 e. The van der Waals surface area contributed by atoms with E-state index in [9.17, 15) is 4.79 Å². The summed E-state index contributed by atoms with van der Waals surface area (Å²) in [6, 6.07) is 9.96. The molecule has 2 heterocycles. The number of hydrogen-bond acceptors (Lipinski definition) is 4. The van der Waals surface area contributed by atoms with E-state index in [1.165, 1.54) is 11.3 Å². The average Bonchev–Trinajstić information content (AvgIpc) is 3.25. The van der Waals surface area contributed by atoms with Gasteiger partial charge in [-0.1, -0.05) is 32.0 Å². The summed E-state index contributed by atoms with van der Waals surface area (Å²) in [5, 5.41) is 10.1. The van der Waals surface area contributed by atoms with Gasteiger partial charge in [0.15, 0.2) is 0 Å². The van der Waals surface area contributed by atoms with Crippen LogP contribution < -0.4 is 5.32 Å². The average molecular weight is 340 g/mol.